The molecule has 3 aliphatic rings. The Kier molecular flexibility index (Phi) is 4.80. The Morgan fingerprint density at radius 1 is 1.13 bits per heavy atom. The van der Waals surface area contributed by atoms with Gasteiger partial charge in [0.2, 0.25) is 17.7 Å². The molecule has 5 amide bonds. The van der Waals surface area contributed by atoms with Crippen molar-refractivity contribution in [1.82, 2.24) is 14.7 Å². The van der Waals surface area contributed by atoms with E-state index in [2.05, 4.69) is 22.0 Å². The molecule has 0 saturated carbocycles. The molecule has 0 aliphatic carbocycles. The van der Waals surface area contributed by atoms with Crippen LogP contribution in [-0.2, 0) is 20.8 Å². The number of nitrogens with one attached hydrogen (secondary N) is 1. The van der Waals surface area contributed by atoms with Gasteiger partial charge in [-0.25, -0.2) is 4.79 Å². The number of carbonyl (C=O) groups excluding carboxylic acids is 4. The monoisotopic (exact) mass is 413 g/mol. The van der Waals surface area contributed by atoms with E-state index in [9.17, 15) is 19.2 Å². The number of amides is 5. The van der Waals surface area contributed by atoms with Crippen molar-refractivity contribution in [3.63, 3.8) is 0 Å². The van der Waals surface area contributed by atoms with E-state index in [1.807, 2.05) is 18.2 Å². The highest BCUT2D eigenvalue weighted by atomic mass is 16.2. The van der Waals surface area contributed by atoms with Crippen LogP contribution in [0.3, 0.4) is 0 Å². The molecule has 3 aliphatic heterocycles. The number of likely N-dealkylation sites (N-methyl/N-ethyl adjacent to an activating group) is 1. The molecular formula is C21H27N5O4. The predicted octanol–water partition coefficient (Wildman–Crippen LogP) is 0.748. The summed E-state index contributed by atoms with van der Waals surface area (Å²) in [7, 11) is 2.87. The predicted molar refractivity (Wildman–Crippen MR) is 111 cm³/mol. The zero-order valence-corrected chi connectivity index (χ0v) is 17.8. The molecule has 0 unspecified atom stereocenters. The molecule has 160 valence electrons. The molecule has 0 bridgehead atoms. The summed E-state index contributed by atoms with van der Waals surface area (Å²) in [4.78, 5) is 57.5. The zero-order valence-electron chi connectivity index (χ0n) is 17.8. The van der Waals surface area contributed by atoms with Gasteiger partial charge in [0.25, 0.3) is 0 Å². The van der Waals surface area contributed by atoms with E-state index in [0.29, 0.717) is 18.8 Å². The van der Waals surface area contributed by atoms with E-state index < -0.39 is 23.3 Å². The summed E-state index contributed by atoms with van der Waals surface area (Å²) in [5.41, 5.74) is 1.03. The molecule has 9 nitrogen and oxygen atoms in total. The van der Waals surface area contributed by atoms with E-state index in [0.717, 1.165) is 34.1 Å². The average Bonchev–Trinajstić information content (AvgIpc) is 2.74. The van der Waals surface area contributed by atoms with Crippen LogP contribution in [0.2, 0.25) is 0 Å². The van der Waals surface area contributed by atoms with Gasteiger partial charge in [-0.3, -0.25) is 29.1 Å². The molecule has 2 fully saturated rings. The molecule has 1 N–H and O–H groups in total. The van der Waals surface area contributed by atoms with Gasteiger partial charge < -0.3 is 10.2 Å². The maximum absolute atomic E-state index is 13.5. The fourth-order valence-corrected chi connectivity index (χ4v) is 5.07. The van der Waals surface area contributed by atoms with Crippen LogP contribution in [0.5, 0.6) is 0 Å². The SMILES string of the molecule is CCN1CCN2c3ccc(NC(C)=O)cc3CC3(C(=O)N(C)C(=O)N(C)C3=O)[C@H]2C1. The van der Waals surface area contributed by atoms with E-state index in [1.54, 1.807) is 0 Å². The number of benzene rings is 1. The molecule has 0 radical (unpaired) electrons. The summed E-state index contributed by atoms with van der Waals surface area (Å²) in [5, 5.41) is 2.77. The first-order valence-electron chi connectivity index (χ1n) is 10.2. The molecule has 4 rings (SSSR count). The van der Waals surface area contributed by atoms with Crippen LogP contribution < -0.4 is 10.2 Å². The Morgan fingerprint density at radius 2 is 1.80 bits per heavy atom. The van der Waals surface area contributed by atoms with Crippen molar-refractivity contribution in [1.29, 1.82) is 0 Å². The minimum absolute atomic E-state index is 0.189. The van der Waals surface area contributed by atoms with E-state index in [4.69, 9.17) is 0 Å². The maximum Gasteiger partial charge on any atom is 0.332 e. The van der Waals surface area contributed by atoms with Gasteiger partial charge in [0.05, 0.1) is 6.04 Å². The normalized spacial score (nSPS) is 23.5. The zero-order chi connectivity index (χ0) is 21.8. The molecule has 1 aromatic carbocycles. The first-order valence-corrected chi connectivity index (χ1v) is 10.2. The number of hydrogen-bond donors (Lipinski definition) is 1. The summed E-state index contributed by atoms with van der Waals surface area (Å²) in [6.45, 7) is 6.38. The van der Waals surface area contributed by atoms with E-state index in [1.165, 1.54) is 21.0 Å². The van der Waals surface area contributed by atoms with E-state index >= 15 is 0 Å². The van der Waals surface area contributed by atoms with Gasteiger partial charge in [0.15, 0.2) is 5.41 Å². The molecule has 1 aromatic rings. The summed E-state index contributed by atoms with van der Waals surface area (Å²) in [6.07, 6.45) is 0.189. The highest BCUT2D eigenvalue weighted by Gasteiger charge is 2.63. The van der Waals surface area contributed by atoms with Crippen LogP contribution in [0.15, 0.2) is 18.2 Å². The largest absolute Gasteiger partial charge is 0.364 e. The van der Waals surface area contributed by atoms with E-state index in [-0.39, 0.29) is 18.4 Å². The number of fused-ring (bicyclic) bond motifs is 4. The van der Waals surface area contributed by atoms with Crippen molar-refractivity contribution in [2.45, 2.75) is 26.3 Å². The van der Waals surface area contributed by atoms with Crippen molar-refractivity contribution in [2.75, 3.05) is 50.5 Å². The standard InChI is InChI=1S/C21H27N5O4/c1-5-25-8-9-26-16-7-6-15(22-13(2)27)10-14(16)11-21(17(26)12-25)18(28)23(3)20(30)24(4)19(21)29/h6-7,10,17H,5,8-9,11-12H2,1-4H3,(H,22,27)/t17-/m1/s1. The van der Waals surface area contributed by atoms with Crippen LogP contribution in [0.25, 0.3) is 0 Å². The number of anilines is 2. The van der Waals surface area contributed by atoms with Crippen molar-refractivity contribution < 1.29 is 19.2 Å². The molecule has 9 heteroatoms. The van der Waals surface area contributed by atoms with Gasteiger partial charge in [0, 0.05) is 52.0 Å². The quantitative estimate of drug-likeness (QED) is 0.720. The number of rotatable bonds is 2. The van der Waals surface area contributed by atoms with Crippen LogP contribution >= 0.6 is 0 Å². The van der Waals surface area contributed by atoms with Crippen LogP contribution in [0, 0.1) is 5.41 Å². The second-order valence-corrected chi connectivity index (χ2v) is 8.29. The van der Waals surface area contributed by atoms with Crippen LogP contribution in [0.4, 0.5) is 16.2 Å². The third-order valence-corrected chi connectivity index (χ3v) is 6.61. The minimum Gasteiger partial charge on any atom is -0.364 e. The number of urea groups is 1. The summed E-state index contributed by atoms with van der Waals surface area (Å²) < 4.78 is 0. The lowest BCUT2D eigenvalue weighted by molar-refractivity contribution is -0.160. The Balaban J connectivity index is 1.87. The smallest absolute Gasteiger partial charge is 0.332 e. The molecule has 0 aromatic heterocycles. The first kappa shape index (κ1) is 20.3. The third-order valence-electron chi connectivity index (χ3n) is 6.61. The Labute approximate surface area is 175 Å². The topological polar surface area (TPSA) is 93.3 Å². The lowest BCUT2D eigenvalue weighted by atomic mass is 9.67. The summed E-state index contributed by atoms with van der Waals surface area (Å²) in [5.74, 6) is -1.11. The second kappa shape index (κ2) is 7.09. The molecule has 1 atom stereocenters. The fourth-order valence-electron chi connectivity index (χ4n) is 5.07. The Bertz CT molecular complexity index is 921. The number of piperazine rings is 1. The fraction of sp³-hybridized carbons (Fsp3) is 0.524. The lowest BCUT2D eigenvalue weighted by Gasteiger charge is -2.56. The molecule has 30 heavy (non-hydrogen) atoms. The van der Waals surface area contributed by atoms with Gasteiger partial charge in [-0.1, -0.05) is 6.92 Å². The molecule has 2 saturated heterocycles. The van der Waals surface area contributed by atoms with Crippen LogP contribution in [-0.4, -0.2) is 84.8 Å². The molecular weight excluding hydrogens is 386 g/mol. The van der Waals surface area contributed by atoms with Gasteiger partial charge >= 0.3 is 6.03 Å². The van der Waals surface area contributed by atoms with Crippen molar-refractivity contribution in [2.24, 2.45) is 5.41 Å². The number of barbiturate groups is 1. The minimum atomic E-state index is -1.38. The first-order chi connectivity index (χ1) is 14.2. The maximum atomic E-state index is 13.5. The highest BCUT2D eigenvalue weighted by Crippen LogP contribution is 2.47. The number of carbonyl (C=O) groups is 4. The van der Waals surface area contributed by atoms with Gasteiger partial charge in [-0.15, -0.1) is 0 Å². The summed E-state index contributed by atoms with van der Waals surface area (Å²) in [6, 6.07) is 4.64. The van der Waals surface area contributed by atoms with Gasteiger partial charge in [-0.2, -0.15) is 0 Å². The Hall–Kier alpha value is -2.94. The Morgan fingerprint density at radius 3 is 2.40 bits per heavy atom. The van der Waals surface area contributed by atoms with Gasteiger partial charge in [0.1, 0.15) is 0 Å². The lowest BCUT2D eigenvalue weighted by Crippen LogP contribution is -2.74. The van der Waals surface area contributed by atoms with Crippen molar-refractivity contribution in [3.05, 3.63) is 23.8 Å². The van der Waals surface area contributed by atoms with Crippen molar-refractivity contribution in [3.8, 4) is 0 Å². The second-order valence-electron chi connectivity index (χ2n) is 8.29. The van der Waals surface area contributed by atoms with Crippen LogP contribution in [0.1, 0.15) is 19.4 Å². The highest BCUT2D eigenvalue weighted by molar-refractivity contribution is 6.20. The molecule has 3 heterocycles. The third kappa shape index (κ3) is 2.79. The number of nitrogens with zero attached hydrogens (tertiary/aromatic N) is 4. The van der Waals surface area contributed by atoms with Gasteiger partial charge in [-0.05, 0) is 36.7 Å². The van der Waals surface area contributed by atoms with Crippen molar-refractivity contribution >= 4 is 35.1 Å². The molecule has 1 spiro atoms. The average molecular weight is 413 g/mol. The number of hydrogen-bond acceptors (Lipinski definition) is 6. The number of imide groups is 2. The summed E-state index contributed by atoms with van der Waals surface area (Å²) >= 11 is 0.